The van der Waals surface area contributed by atoms with E-state index in [0.717, 1.165) is 24.3 Å². The highest BCUT2D eigenvalue weighted by molar-refractivity contribution is 5.39. The van der Waals surface area contributed by atoms with E-state index in [2.05, 4.69) is 25.3 Å². The number of hydrazine groups is 1. The van der Waals surface area contributed by atoms with Crippen LogP contribution >= 0.6 is 0 Å². The van der Waals surface area contributed by atoms with Crippen molar-refractivity contribution in [2.75, 3.05) is 20.8 Å². The van der Waals surface area contributed by atoms with Crippen molar-refractivity contribution in [3.63, 3.8) is 0 Å². The zero-order chi connectivity index (χ0) is 13.5. The second-order valence-corrected chi connectivity index (χ2v) is 4.65. The summed E-state index contributed by atoms with van der Waals surface area (Å²) in [7, 11) is 3.40. The van der Waals surface area contributed by atoms with Crippen LogP contribution in [-0.4, -0.2) is 20.8 Å². The number of benzene rings is 1. The zero-order valence-corrected chi connectivity index (χ0v) is 11.7. The van der Waals surface area contributed by atoms with Crippen LogP contribution in [0.25, 0.3) is 0 Å². The van der Waals surface area contributed by atoms with E-state index in [4.69, 9.17) is 15.3 Å². The predicted molar refractivity (Wildman–Crippen MR) is 73.5 cm³/mol. The summed E-state index contributed by atoms with van der Waals surface area (Å²) >= 11 is 0. The highest BCUT2D eigenvalue weighted by Gasteiger charge is 2.21. The Balaban J connectivity index is 2.96. The third-order valence-electron chi connectivity index (χ3n) is 3.25. The van der Waals surface area contributed by atoms with Crippen LogP contribution in [0, 0.1) is 12.8 Å². The zero-order valence-electron chi connectivity index (χ0n) is 11.7. The monoisotopic (exact) mass is 252 g/mol. The van der Waals surface area contributed by atoms with Gasteiger partial charge >= 0.3 is 0 Å². The van der Waals surface area contributed by atoms with Crippen molar-refractivity contribution in [3.8, 4) is 5.75 Å². The second kappa shape index (κ2) is 7.36. The predicted octanol–water partition coefficient (Wildman–Crippen LogP) is 2.18. The van der Waals surface area contributed by atoms with Gasteiger partial charge in [-0.05, 0) is 25.3 Å². The fourth-order valence-corrected chi connectivity index (χ4v) is 2.13. The van der Waals surface area contributed by atoms with E-state index in [1.807, 2.05) is 12.1 Å². The molecular weight excluding hydrogens is 228 g/mol. The van der Waals surface area contributed by atoms with Crippen LogP contribution in [0.1, 0.15) is 30.5 Å². The molecule has 2 unspecified atom stereocenters. The lowest BCUT2D eigenvalue weighted by atomic mass is 9.91. The summed E-state index contributed by atoms with van der Waals surface area (Å²) in [5, 5.41) is 0. The van der Waals surface area contributed by atoms with E-state index in [1.54, 1.807) is 14.2 Å². The molecule has 0 radical (unpaired) electrons. The molecule has 1 aromatic rings. The molecule has 0 saturated carbocycles. The van der Waals surface area contributed by atoms with Crippen LogP contribution in [0.2, 0.25) is 0 Å². The normalized spacial score (nSPS) is 14.3. The molecule has 0 saturated heterocycles. The van der Waals surface area contributed by atoms with Crippen molar-refractivity contribution in [1.82, 2.24) is 5.43 Å². The average Bonchev–Trinajstić information content (AvgIpc) is 2.37. The molecule has 0 aliphatic carbocycles. The summed E-state index contributed by atoms with van der Waals surface area (Å²) in [6, 6.07) is 6.20. The van der Waals surface area contributed by atoms with Crippen LogP contribution in [0.4, 0.5) is 0 Å². The van der Waals surface area contributed by atoms with E-state index in [9.17, 15) is 0 Å². The molecule has 4 heteroatoms. The maximum Gasteiger partial charge on any atom is 0.123 e. The quantitative estimate of drug-likeness (QED) is 0.577. The summed E-state index contributed by atoms with van der Waals surface area (Å²) in [5.41, 5.74) is 5.19. The van der Waals surface area contributed by atoms with E-state index < -0.39 is 0 Å². The number of nitrogens with one attached hydrogen (secondary N) is 1. The van der Waals surface area contributed by atoms with Gasteiger partial charge in [-0.1, -0.05) is 24.6 Å². The van der Waals surface area contributed by atoms with Gasteiger partial charge < -0.3 is 9.47 Å². The Bertz CT molecular complexity index is 369. The molecule has 0 fully saturated rings. The highest BCUT2D eigenvalue weighted by atomic mass is 16.5. The van der Waals surface area contributed by atoms with E-state index >= 15 is 0 Å². The van der Waals surface area contributed by atoms with Crippen molar-refractivity contribution in [2.45, 2.75) is 26.3 Å². The van der Waals surface area contributed by atoms with Gasteiger partial charge in [0.15, 0.2) is 0 Å². The number of rotatable bonds is 7. The summed E-state index contributed by atoms with van der Waals surface area (Å²) in [6.45, 7) is 4.95. The molecule has 2 atom stereocenters. The molecule has 0 aliphatic rings. The maximum absolute atomic E-state index is 5.70. The van der Waals surface area contributed by atoms with E-state index in [1.165, 1.54) is 5.56 Å². The lowest BCUT2D eigenvalue weighted by molar-refractivity contribution is 0.170. The Labute approximate surface area is 109 Å². The molecular formula is C14H24N2O2. The Kier molecular flexibility index (Phi) is 6.12. The first-order valence-corrected chi connectivity index (χ1v) is 6.23. The number of nitrogens with two attached hydrogens (primary N) is 1. The maximum atomic E-state index is 5.70. The van der Waals surface area contributed by atoms with Gasteiger partial charge in [0.1, 0.15) is 5.75 Å². The summed E-state index contributed by atoms with van der Waals surface area (Å²) < 4.78 is 10.5. The average molecular weight is 252 g/mol. The SMILES string of the molecule is COCCC(C)C(NN)c1cc(C)ccc1OC. The van der Waals surface area contributed by atoms with Gasteiger partial charge in [-0.3, -0.25) is 11.3 Å². The van der Waals surface area contributed by atoms with Crippen molar-refractivity contribution in [1.29, 1.82) is 0 Å². The first-order chi connectivity index (χ1) is 8.63. The second-order valence-electron chi connectivity index (χ2n) is 4.65. The van der Waals surface area contributed by atoms with Crippen LogP contribution in [0.15, 0.2) is 18.2 Å². The number of methoxy groups -OCH3 is 2. The topological polar surface area (TPSA) is 56.5 Å². The van der Waals surface area contributed by atoms with E-state index in [0.29, 0.717) is 5.92 Å². The van der Waals surface area contributed by atoms with Gasteiger partial charge in [0.25, 0.3) is 0 Å². The van der Waals surface area contributed by atoms with Crippen molar-refractivity contribution < 1.29 is 9.47 Å². The van der Waals surface area contributed by atoms with Gasteiger partial charge in [-0.15, -0.1) is 0 Å². The van der Waals surface area contributed by atoms with Gasteiger partial charge in [-0.2, -0.15) is 0 Å². The summed E-state index contributed by atoms with van der Waals surface area (Å²) in [6.07, 6.45) is 0.947. The van der Waals surface area contributed by atoms with Gasteiger partial charge in [0.05, 0.1) is 13.2 Å². The molecule has 1 aromatic carbocycles. The van der Waals surface area contributed by atoms with Crippen LogP contribution in [0.3, 0.4) is 0 Å². The molecule has 1 rings (SSSR count). The van der Waals surface area contributed by atoms with E-state index in [-0.39, 0.29) is 6.04 Å². The Hall–Kier alpha value is -1.10. The van der Waals surface area contributed by atoms with Crippen molar-refractivity contribution >= 4 is 0 Å². The first kappa shape index (κ1) is 15.0. The molecule has 3 N–H and O–H groups in total. The molecule has 0 heterocycles. The molecule has 18 heavy (non-hydrogen) atoms. The standard InChI is InChI=1S/C14H24N2O2/c1-10-5-6-13(18-4)12(9-10)14(16-15)11(2)7-8-17-3/h5-6,9,11,14,16H,7-8,15H2,1-4H3. The smallest absolute Gasteiger partial charge is 0.123 e. The minimum absolute atomic E-state index is 0.0648. The van der Waals surface area contributed by atoms with Crippen LogP contribution in [0.5, 0.6) is 5.75 Å². The Morgan fingerprint density at radius 2 is 2.06 bits per heavy atom. The first-order valence-electron chi connectivity index (χ1n) is 6.23. The van der Waals surface area contributed by atoms with Gasteiger partial charge in [0, 0.05) is 19.3 Å². The molecule has 0 amide bonds. The molecule has 0 spiro atoms. The minimum atomic E-state index is 0.0648. The number of ether oxygens (including phenoxy) is 2. The molecule has 102 valence electrons. The fourth-order valence-electron chi connectivity index (χ4n) is 2.13. The molecule has 0 aromatic heterocycles. The summed E-state index contributed by atoms with van der Waals surface area (Å²) in [5.74, 6) is 6.94. The number of hydrogen-bond acceptors (Lipinski definition) is 4. The third kappa shape index (κ3) is 3.70. The lowest BCUT2D eigenvalue weighted by Gasteiger charge is -2.25. The van der Waals surface area contributed by atoms with Crippen LogP contribution in [-0.2, 0) is 4.74 Å². The lowest BCUT2D eigenvalue weighted by Crippen LogP contribution is -2.33. The van der Waals surface area contributed by atoms with Gasteiger partial charge in [0.2, 0.25) is 0 Å². The highest BCUT2D eigenvalue weighted by Crippen LogP contribution is 2.31. The van der Waals surface area contributed by atoms with Gasteiger partial charge in [-0.25, -0.2) is 0 Å². The van der Waals surface area contributed by atoms with Crippen LogP contribution < -0.4 is 16.0 Å². The van der Waals surface area contributed by atoms with Crippen molar-refractivity contribution in [3.05, 3.63) is 29.3 Å². The van der Waals surface area contributed by atoms with Crippen molar-refractivity contribution in [2.24, 2.45) is 11.8 Å². The minimum Gasteiger partial charge on any atom is -0.496 e. The fraction of sp³-hybridized carbons (Fsp3) is 0.571. The number of hydrogen-bond donors (Lipinski definition) is 2. The molecule has 0 aliphatic heterocycles. The summed E-state index contributed by atoms with van der Waals surface area (Å²) in [4.78, 5) is 0. The Morgan fingerprint density at radius 3 is 2.61 bits per heavy atom. The largest absolute Gasteiger partial charge is 0.496 e. The Morgan fingerprint density at radius 1 is 1.33 bits per heavy atom. The third-order valence-corrected chi connectivity index (χ3v) is 3.25. The molecule has 0 bridgehead atoms. The number of aryl methyl sites for hydroxylation is 1. The molecule has 4 nitrogen and oxygen atoms in total.